The molecule has 2 heterocycles. The van der Waals surface area contributed by atoms with Crippen LogP contribution in [0.2, 0.25) is 0 Å². The van der Waals surface area contributed by atoms with Gasteiger partial charge in [-0.1, -0.05) is 146 Å². The van der Waals surface area contributed by atoms with Crippen molar-refractivity contribution in [3.8, 4) is 33.6 Å². The van der Waals surface area contributed by atoms with Crippen LogP contribution in [0.5, 0.6) is 0 Å². The quantitative estimate of drug-likeness (QED) is 0.0788. The van der Waals surface area contributed by atoms with Crippen LogP contribution < -0.4 is 27.0 Å². The Morgan fingerprint density at radius 2 is 0.671 bits per heavy atom. The molecule has 7 nitrogen and oxygen atoms in total. The predicted octanol–water partition coefficient (Wildman–Crippen LogP) is 17.8. The van der Waals surface area contributed by atoms with Gasteiger partial charge in [-0.25, -0.2) is 0 Å². The van der Waals surface area contributed by atoms with Gasteiger partial charge in [0.25, 0.3) is 0 Å². The van der Waals surface area contributed by atoms with E-state index in [9.17, 15) is 0 Å². The van der Waals surface area contributed by atoms with E-state index in [2.05, 4.69) is 267 Å². The number of nitrogen functional groups attached to an aromatic ring is 1. The Morgan fingerprint density at radius 3 is 1.11 bits per heavy atom. The van der Waals surface area contributed by atoms with E-state index in [-0.39, 0.29) is 0 Å². The number of rotatable bonds is 12. The fraction of sp³-hybridized carbons (Fsp3) is 0. The Bertz CT molecular complexity index is 4120. The van der Waals surface area contributed by atoms with Crippen LogP contribution in [0.4, 0.5) is 51.2 Å². The molecule has 0 saturated carbocycles. The standard InChI is InChI=1S/C66H49N7/c67-58-43-59(70-46-25-11-3-12-26-46)62(54-35-19-33-52-56-41-48(68-44-21-7-1-8-22-44)37-39-60(56)72(65(52)54)50-29-15-5-16-30-50)63(64(58)71-47-27-13-4-14-28-47)55-36-20-34-53-57-42-49(69-45-23-9-2-10-24-45)38-40-61(57)73(66(53)55)51-31-17-6-18-32-51/h1-43,68-71H,67H2. The fourth-order valence-electron chi connectivity index (χ4n) is 10.6. The van der Waals surface area contributed by atoms with Gasteiger partial charge in [0.1, 0.15) is 0 Å². The zero-order valence-electron chi connectivity index (χ0n) is 39.8. The van der Waals surface area contributed by atoms with Gasteiger partial charge in [-0.2, -0.15) is 0 Å². The van der Waals surface area contributed by atoms with Crippen LogP contribution in [0.15, 0.2) is 261 Å². The number of hydrogen-bond acceptors (Lipinski definition) is 5. The summed E-state index contributed by atoms with van der Waals surface area (Å²) < 4.78 is 4.84. The maximum Gasteiger partial charge on any atom is 0.0706 e. The number of para-hydroxylation sites is 8. The van der Waals surface area contributed by atoms with E-state index in [1.807, 2.05) is 24.3 Å². The number of fused-ring (bicyclic) bond motifs is 6. The van der Waals surface area contributed by atoms with E-state index in [0.29, 0.717) is 5.69 Å². The summed E-state index contributed by atoms with van der Waals surface area (Å²) in [6.45, 7) is 0. The van der Waals surface area contributed by atoms with Crippen LogP contribution in [0, 0.1) is 0 Å². The molecule has 73 heavy (non-hydrogen) atoms. The molecule has 0 aliphatic heterocycles. The minimum Gasteiger partial charge on any atom is -0.397 e. The summed E-state index contributed by atoms with van der Waals surface area (Å²) >= 11 is 0. The van der Waals surface area contributed by atoms with E-state index < -0.39 is 0 Å². The molecule has 0 saturated heterocycles. The van der Waals surface area contributed by atoms with Gasteiger partial charge in [0.2, 0.25) is 0 Å². The van der Waals surface area contributed by atoms with Crippen LogP contribution in [0.3, 0.4) is 0 Å². The van der Waals surface area contributed by atoms with Crippen LogP contribution in [0.25, 0.3) is 77.2 Å². The van der Waals surface area contributed by atoms with Gasteiger partial charge < -0.3 is 36.1 Å². The van der Waals surface area contributed by atoms with Gasteiger partial charge in [-0.05, 0) is 115 Å². The molecular weight excluding hydrogens is 891 g/mol. The number of aromatic nitrogens is 2. The zero-order valence-corrected chi connectivity index (χ0v) is 39.8. The largest absolute Gasteiger partial charge is 0.397 e. The first kappa shape index (κ1) is 43.1. The van der Waals surface area contributed by atoms with Gasteiger partial charge >= 0.3 is 0 Å². The van der Waals surface area contributed by atoms with Crippen molar-refractivity contribution in [2.75, 3.05) is 27.0 Å². The molecule has 0 aliphatic rings. The minimum atomic E-state index is 0.599. The monoisotopic (exact) mass is 939 g/mol. The number of anilines is 9. The Balaban J connectivity index is 1.17. The number of benzene rings is 11. The van der Waals surface area contributed by atoms with Crippen molar-refractivity contribution >= 4 is 94.8 Å². The molecule has 0 amide bonds. The fourth-order valence-corrected chi connectivity index (χ4v) is 10.6. The summed E-state index contributed by atoms with van der Waals surface area (Å²) in [7, 11) is 0. The molecule has 0 radical (unpaired) electrons. The van der Waals surface area contributed by atoms with Crippen molar-refractivity contribution in [1.29, 1.82) is 0 Å². The van der Waals surface area contributed by atoms with Crippen LogP contribution in [-0.2, 0) is 0 Å². The van der Waals surface area contributed by atoms with Gasteiger partial charge in [0, 0.05) is 95.0 Å². The molecule has 348 valence electrons. The first-order valence-electron chi connectivity index (χ1n) is 24.6. The predicted molar refractivity (Wildman–Crippen MR) is 309 cm³/mol. The third-order valence-corrected chi connectivity index (χ3v) is 13.7. The molecule has 13 aromatic rings. The second kappa shape index (κ2) is 18.4. The number of nitrogens with one attached hydrogen (secondary N) is 4. The van der Waals surface area contributed by atoms with Crippen molar-refractivity contribution in [2.24, 2.45) is 0 Å². The lowest BCUT2D eigenvalue weighted by molar-refractivity contribution is 1.18. The Kier molecular flexibility index (Phi) is 10.9. The van der Waals surface area contributed by atoms with Crippen molar-refractivity contribution in [1.82, 2.24) is 9.13 Å². The summed E-state index contributed by atoms with van der Waals surface area (Å²) in [6, 6.07) is 91.7. The molecular formula is C66H49N7. The number of nitrogens with two attached hydrogens (primary N) is 1. The molecule has 0 fully saturated rings. The highest BCUT2D eigenvalue weighted by Crippen LogP contribution is 2.53. The average Bonchev–Trinajstić information content (AvgIpc) is 3.96. The summed E-state index contributed by atoms with van der Waals surface area (Å²) in [4.78, 5) is 0. The first-order chi connectivity index (χ1) is 36.1. The molecule has 0 atom stereocenters. The lowest BCUT2D eigenvalue weighted by atomic mass is 9.88. The summed E-state index contributed by atoms with van der Waals surface area (Å²) in [6.07, 6.45) is 0. The third-order valence-electron chi connectivity index (χ3n) is 13.7. The Morgan fingerprint density at radius 1 is 0.288 bits per heavy atom. The van der Waals surface area contributed by atoms with E-state index >= 15 is 0 Å². The highest BCUT2D eigenvalue weighted by molar-refractivity contribution is 6.21. The zero-order chi connectivity index (χ0) is 48.7. The second-order valence-corrected chi connectivity index (χ2v) is 18.3. The van der Waals surface area contributed by atoms with E-state index in [1.165, 1.54) is 0 Å². The van der Waals surface area contributed by atoms with E-state index in [0.717, 1.165) is 123 Å². The maximum absolute atomic E-state index is 7.51. The van der Waals surface area contributed by atoms with Crippen LogP contribution in [0.1, 0.15) is 0 Å². The number of nitrogens with zero attached hydrogens (tertiary/aromatic N) is 2. The topological polar surface area (TPSA) is 84.0 Å². The molecule has 13 rings (SSSR count). The Labute approximate surface area is 423 Å². The van der Waals surface area contributed by atoms with Crippen molar-refractivity contribution < 1.29 is 0 Å². The summed E-state index contributed by atoms with van der Waals surface area (Å²) in [5, 5.41) is 19.6. The molecule has 6 N–H and O–H groups in total. The van der Waals surface area contributed by atoms with E-state index in [1.54, 1.807) is 0 Å². The Hall–Kier alpha value is -9.98. The van der Waals surface area contributed by atoms with Crippen molar-refractivity contribution in [2.45, 2.75) is 0 Å². The molecule has 7 heteroatoms. The SMILES string of the molecule is Nc1cc(Nc2ccccc2)c(-c2cccc3c4cc(Nc5ccccc5)ccc4n(-c4ccccc4)c23)c(-c2cccc3c4cc(Nc5ccccc5)ccc4n(-c4ccccc4)c23)c1Nc1ccccc1. The summed E-state index contributed by atoms with van der Waals surface area (Å²) in [5.74, 6) is 0. The van der Waals surface area contributed by atoms with E-state index in [4.69, 9.17) is 5.73 Å². The second-order valence-electron chi connectivity index (χ2n) is 18.3. The van der Waals surface area contributed by atoms with Gasteiger partial charge in [0.15, 0.2) is 0 Å². The maximum atomic E-state index is 7.51. The third kappa shape index (κ3) is 7.91. The van der Waals surface area contributed by atoms with Crippen LogP contribution in [-0.4, -0.2) is 9.13 Å². The van der Waals surface area contributed by atoms with Crippen molar-refractivity contribution in [3.63, 3.8) is 0 Å². The van der Waals surface area contributed by atoms with Crippen LogP contribution >= 0.6 is 0 Å². The average molecular weight is 940 g/mol. The molecule has 2 aromatic heterocycles. The van der Waals surface area contributed by atoms with Gasteiger partial charge in [-0.15, -0.1) is 0 Å². The lowest BCUT2D eigenvalue weighted by Gasteiger charge is -2.25. The molecule has 0 aliphatic carbocycles. The minimum absolute atomic E-state index is 0.599. The summed E-state index contributed by atoms with van der Waals surface area (Å²) in [5.41, 5.74) is 26.1. The lowest BCUT2D eigenvalue weighted by Crippen LogP contribution is -2.06. The molecule has 11 aromatic carbocycles. The molecule has 0 bridgehead atoms. The number of hydrogen-bond donors (Lipinski definition) is 5. The van der Waals surface area contributed by atoms with Gasteiger partial charge in [-0.3, -0.25) is 0 Å². The van der Waals surface area contributed by atoms with Gasteiger partial charge in [0.05, 0.1) is 33.4 Å². The highest BCUT2D eigenvalue weighted by Gasteiger charge is 2.28. The first-order valence-corrected chi connectivity index (χ1v) is 24.6. The molecule has 0 spiro atoms. The smallest absolute Gasteiger partial charge is 0.0706 e. The van der Waals surface area contributed by atoms with Crippen molar-refractivity contribution in [3.05, 3.63) is 261 Å². The normalized spacial score (nSPS) is 11.3. The highest BCUT2D eigenvalue weighted by atomic mass is 15.0. The molecule has 0 unspecified atom stereocenters.